The van der Waals surface area contributed by atoms with Gasteiger partial charge in [-0.25, -0.2) is 0 Å². The van der Waals surface area contributed by atoms with Gasteiger partial charge in [-0.1, -0.05) is 45.6 Å². The minimum Gasteiger partial charge on any atom is -0.394 e. The topological polar surface area (TPSA) is 71.3 Å². The molecular formula is C23H32N2O3. The first-order chi connectivity index (χ1) is 13.5. The number of nitrogens with one attached hydrogen (secondary N) is 1. The van der Waals surface area contributed by atoms with Crippen molar-refractivity contribution in [1.29, 1.82) is 0 Å². The number of nitrogens with zero attached hydrogens (tertiary/aromatic N) is 1. The van der Waals surface area contributed by atoms with E-state index < -0.39 is 0 Å². The van der Waals surface area contributed by atoms with E-state index in [0.717, 1.165) is 18.2 Å². The van der Waals surface area contributed by atoms with Gasteiger partial charge in [-0.15, -0.1) is 0 Å². The predicted octanol–water partition coefficient (Wildman–Crippen LogP) is 4.49. The van der Waals surface area contributed by atoms with E-state index in [2.05, 4.69) is 5.32 Å². The molecule has 1 atom stereocenters. The van der Waals surface area contributed by atoms with Crippen LogP contribution in [0, 0.1) is 11.8 Å². The number of anilines is 1. The van der Waals surface area contributed by atoms with Gasteiger partial charge in [0.1, 0.15) is 0 Å². The predicted molar refractivity (Wildman–Crippen MR) is 114 cm³/mol. The minimum absolute atomic E-state index is 0.0268. The third-order valence-corrected chi connectivity index (χ3v) is 6.01. The zero-order valence-electron chi connectivity index (χ0n) is 17.0. The second-order valence-electron chi connectivity index (χ2n) is 8.40. The first-order valence-electron chi connectivity index (χ1n) is 10.6. The van der Waals surface area contributed by atoms with Crippen molar-refractivity contribution in [3.05, 3.63) is 40.8 Å². The molecule has 0 radical (unpaired) electrons. The Morgan fingerprint density at radius 1 is 1.14 bits per heavy atom. The van der Waals surface area contributed by atoms with Gasteiger partial charge >= 0.3 is 0 Å². The lowest BCUT2D eigenvalue weighted by Crippen LogP contribution is -2.29. The van der Waals surface area contributed by atoms with Crippen LogP contribution in [0.5, 0.6) is 0 Å². The molecule has 2 N–H and O–H groups in total. The number of aliphatic hydroxyl groups excluding tert-OH is 1. The molecule has 1 unspecified atom stereocenters. The lowest BCUT2D eigenvalue weighted by molar-refractivity contribution is -0.117. The van der Waals surface area contributed by atoms with Crippen molar-refractivity contribution in [2.45, 2.75) is 64.8 Å². The fraction of sp³-hybridized carbons (Fsp3) is 0.565. The van der Waals surface area contributed by atoms with Gasteiger partial charge in [-0.05, 0) is 42.9 Å². The van der Waals surface area contributed by atoms with Gasteiger partial charge in [-0.3, -0.25) is 9.59 Å². The minimum atomic E-state index is -0.259. The number of pyridine rings is 1. The maximum Gasteiger partial charge on any atom is 0.258 e. The smallest absolute Gasteiger partial charge is 0.258 e. The first-order valence-corrected chi connectivity index (χ1v) is 10.6. The summed E-state index contributed by atoms with van der Waals surface area (Å²) in [7, 11) is 0. The summed E-state index contributed by atoms with van der Waals surface area (Å²) in [4.78, 5) is 25.6. The van der Waals surface area contributed by atoms with Crippen LogP contribution in [0.15, 0.2) is 35.3 Å². The summed E-state index contributed by atoms with van der Waals surface area (Å²) in [6, 6.07) is 7.04. The van der Waals surface area contributed by atoms with E-state index in [0.29, 0.717) is 23.4 Å². The summed E-state index contributed by atoms with van der Waals surface area (Å²) in [5.74, 6) is 0.632. The summed E-state index contributed by atoms with van der Waals surface area (Å²) in [5.41, 5.74) is 0.551. The Labute approximate surface area is 166 Å². The van der Waals surface area contributed by atoms with E-state index in [1.165, 1.54) is 25.7 Å². The third-order valence-electron chi connectivity index (χ3n) is 6.01. The van der Waals surface area contributed by atoms with E-state index in [1.807, 2.05) is 26.0 Å². The molecule has 5 heteroatoms. The quantitative estimate of drug-likeness (QED) is 0.721. The lowest BCUT2D eigenvalue weighted by atomic mass is 9.96. The fourth-order valence-electron chi connectivity index (χ4n) is 4.31. The fourth-order valence-corrected chi connectivity index (χ4v) is 4.31. The number of amides is 1. The maximum atomic E-state index is 13.0. The summed E-state index contributed by atoms with van der Waals surface area (Å²) >= 11 is 0. The van der Waals surface area contributed by atoms with Crippen LogP contribution in [0.4, 0.5) is 5.69 Å². The number of aliphatic hydroxyl groups is 1. The van der Waals surface area contributed by atoms with Crippen molar-refractivity contribution < 1.29 is 9.90 Å². The Kier molecular flexibility index (Phi) is 6.89. The molecule has 1 amide bonds. The monoisotopic (exact) mass is 384 g/mol. The maximum absolute atomic E-state index is 13.0. The van der Waals surface area contributed by atoms with E-state index in [4.69, 9.17) is 0 Å². The molecular weight excluding hydrogens is 352 g/mol. The molecule has 0 bridgehead atoms. The zero-order valence-corrected chi connectivity index (χ0v) is 17.0. The summed E-state index contributed by atoms with van der Waals surface area (Å²) in [6.07, 6.45) is 9.52. The molecule has 3 rings (SSSR count). The lowest BCUT2D eigenvalue weighted by Gasteiger charge is -2.22. The van der Waals surface area contributed by atoms with E-state index in [9.17, 15) is 14.7 Å². The van der Waals surface area contributed by atoms with Crippen molar-refractivity contribution in [2.75, 3.05) is 11.9 Å². The highest BCUT2D eigenvalue weighted by molar-refractivity contribution is 6.01. The number of aromatic nitrogens is 1. The van der Waals surface area contributed by atoms with Crippen LogP contribution >= 0.6 is 0 Å². The number of hydrogen-bond acceptors (Lipinski definition) is 3. The van der Waals surface area contributed by atoms with Crippen molar-refractivity contribution in [3.8, 4) is 0 Å². The Morgan fingerprint density at radius 3 is 2.50 bits per heavy atom. The molecule has 1 fully saturated rings. The van der Waals surface area contributed by atoms with Gasteiger partial charge in [0.15, 0.2) is 0 Å². The largest absolute Gasteiger partial charge is 0.394 e. The normalized spacial score (nSPS) is 16.9. The SMILES string of the molecule is CC(C)C(CO)n1ccc2c(NC(=O)CC3CCCCCC3)cccc2c1=O. The van der Waals surface area contributed by atoms with E-state index in [1.54, 1.807) is 22.9 Å². The van der Waals surface area contributed by atoms with Crippen LogP contribution in [0.2, 0.25) is 0 Å². The van der Waals surface area contributed by atoms with Crippen LogP contribution in [-0.4, -0.2) is 22.2 Å². The zero-order chi connectivity index (χ0) is 20.1. The Morgan fingerprint density at radius 2 is 1.86 bits per heavy atom. The molecule has 1 heterocycles. The van der Waals surface area contributed by atoms with E-state index in [-0.39, 0.29) is 30.0 Å². The molecule has 28 heavy (non-hydrogen) atoms. The van der Waals surface area contributed by atoms with Crippen molar-refractivity contribution in [2.24, 2.45) is 11.8 Å². The van der Waals surface area contributed by atoms with Gasteiger partial charge in [0.25, 0.3) is 5.56 Å². The van der Waals surface area contributed by atoms with Gasteiger partial charge in [0, 0.05) is 29.1 Å². The summed E-state index contributed by atoms with van der Waals surface area (Å²) in [5, 5.41) is 14.0. The molecule has 1 aliphatic carbocycles. The van der Waals surface area contributed by atoms with Gasteiger partial charge in [0.2, 0.25) is 5.91 Å². The first kappa shape index (κ1) is 20.6. The average molecular weight is 385 g/mol. The molecule has 5 nitrogen and oxygen atoms in total. The number of carbonyl (C=O) groups is 1. The van der Waals surface area contributed by atoms with Crippen molar-refractivity contribution in [3.63, 3.8) is 0 Å². The van der Waals surface area contributed by atoms with Crippen LogP contribution in [0.3, 0.4) is 0 Å². The molecule has 2 aromatic rings. The number of carbonyl (C=O) groups excluding carboxylic acids is 1. The number of fused-ring (bicyclic) bond motifs is 1. The summed E-state index contributed by atoms with van der Waals surface area (Å²) in [6.45, 7) is 3.89. The van der Waals surface area contributed by atoms with Crippen LogP contribution in [0.1, 0.15) is 64.8 Å². The standard InChI is InChI=1S/C23H32N2O3/c1-16(2)21(15-26)25-13-12-18-19(23(25)28)10-7-11-20(18)24-22(27)14-17-8-5-3-4-6-9-17/h7,10-13,16-17,21,26H,3-6,8-9,14-15H2,1-2H3,(H,24,27). The van der Waals surface area contributed by atoms with Crippen LogP contribution in [0.25, 0.3) is 10.8 Å². The molecule has 0 saturated heterocycles. The molecule has 0 spiro atoms. The highest BCUT2D eigenvalue weighted by atomic mass is 16.3. The van der Waals surface area contributed by atoms with Gasteiger partial charge in [0.05, 0.1) is 12.6 Å². The van der Waals surface area contributed by atoms with Crippen molar-refractivity contribution in [1.82, 2.24) is 4.57 Å². The molecule has 152 valence electrons. The number of rotatable bonds is 6. The van der Waals surface area contributed by atoms with E-state index >= 15 is 0 Å². The van der Waals surface area contributed by atoms with Crippen LogP contribution < -0.4 is 10.9 Å². The molecule has 0 aliphatic heterocycles. The molecule has 1 aromatic carbocycles. The Hall–Kier alpha value is -2.14. The number of benzene rings is 1. The average Bonchev–Trinajstić information content (AvgIpc) is 2.93. The van der Waals surface area contributed by atoms with Crippen LogP contribution in [-0.2, 0) is 4.79 Å². The second kappa shape index (κ2) is 9.37. The highest BCUT2D eigenvalue weighted by Crippen LogP contribution is 2.27. The third kappa shape index (κ3) is 4.64. The second-order valence-corrected chi connectivity index (χ2v) is 8.40. The molecule has 1 saturated carbocycles. The Balaban J connectivity index is 1.83. The molecule has 1 aliphatic rings. The van der Waals surface area contributed by atoms with Gasteiger partial charge < -0.3 is 15.0 Å². The highest BCUT2D eigenvalue weighted by Gasteiger charge is 2.19. The van der Waals surface area contributed by atoms with Gasteiger partial charge in [-0.2, -0.15) is 0 Å². The molecule has 1 aromatic heterocycles. The summed E-state index contributed by atoms with van der Waals surface area (Å²) < 4.78 is 1.60. The number of hydrogen-bond donors (Lipinski definition) is 2. The van der Waals surface area contributed by atoms with Crippen molar-refractivity contribution >= 4 is 22.4 Å². The Bertz CT molecular complexity index is 864.